The minimum Gasteiger partial charge on any atom is -0.135 e. The van der Waals surface area contributed by atoms with Gasteiger partial charge in [-0.15, -0.1) is 11.3 Å². The van der Waals surface area contributed by atoms with Crippen LogP contribution in [0.15, 0.2) is 200 Å². The number of thiophene rings is 1. The summed E-state index contributed by atoms with van der Waals surface area (Å²) in [6.07, 6.45) is 2.08. The molecule has 1 unspecified atom stereocenters. The Labute approximate surface area is 310 Å². The van der Waals surface area contributed by atoms with Gasteiger partial charge in [0.15, 0.2) is 0 Å². The molecule has 0 radical (unpaired) electrons. The smallest absolute Gasteiger partial charge is 0.0355 e. The lowest BCUT2D eigenvalue weighted by Gasteiger charge is -2.19. The van der Waals surface area contributed by atoms with Crippen molar-refractivity contribution >= 4 is 31.5 Å². The third-order valence-corrected chi connectivity index (χ3v) is 11.6. The molecule has 0 spiro atoms. The first-order chi connectivity index (χ1) is 25.7. The van der Waals surface area contributed by atoms with Crippen molar-refractivity contribution in [2.24, 2.45) is 0 Å². The van der Waals surface area contributed by atoms with E-state index in [1.807, 2.05) is 11.3 Å². The Balaban J connectivity index is 0.962. The molecule has 0 aliphatic heterocycles. The molecule has 1 atom stereocenters. The Hall–Kier alpha value is -6.02. The fourth-order valence-corrected chi connectivity index (χ4v) is 8.63. The Morgan fingerprint density at radius 1 is 0.327 bits per heavy atom. The van der Waals surface area contributed by atoms with Gasteiger partial charge in [0.1, 0.15) is 0 Å². The van der Waals surface area contributed by atoms with Crippen molar-refractivity contribution < 1.29 is 0 Å². The molecule has 0 N–H and O–H groups in total. The van der Waals surface area contributed by atoms with E-state index < -0.39 is 0 Å². The fraction of sp³-hybridized carbons (Fsp3) is 0.0588. The molecule has 0 nitrogen and oxygen atoms in total. The zero-order chi connectivity index (χ0) is 34.7. The van der Waals surface area contributed by atoms with E-state index >= 15 is 0 Å². The first-order valence-electron chi connectivity index (χ1n) is 18.2. The van der Waals surface area contributed by atoms with Crippen LogP contribution in [0.5, 0.6) is 0 Å². The largest absolute Gasteiger partial charge is 0.135 e. The van der Waals surface area contributed by atoms with Gasteiger partial charge in [-0.2, -0.15) is 0 Å². The van der Waals surface area contributed by atoms with Gasteiger partial charge in [-0.25, -0.2) is 0 Å². The highest BCUT2D eigenvalue weighted by Gasteiger charge is 2.16. The van der Waals surface area contributed by atoms with E-state index in [0.717, 1.165) is 12.8 Å². The van der Waals surface area contributed by atoms with Crippen LogP contribution in [-0.4, -0.2) is 0 Å². The molecule has 0 aliphatic rings. The maximum atomic E-state index is 2.36. The molecular formula is C51H38S. The highest BCUT2D eigenvalue weighted by Crippen LogP contribution is 2.38. The summed E-state index contributed by atoms with van der Waals surface area (Å²) in [5.41, 5.74) is 14.0. The summed E-state index contributed by atoms with van der Waals surface area (Å²) in [5.74, 6) is 0.299. The fourth-order valence-electron chi connectivity index (χ4n) is 7.54. The predicted octanol–water partition coefficient (Wildman–Crippen LogP) is 14.5. The zero-order valence-electron chi connectivity index (χ0n) is 29.0. The lowest BCUT2D eigenvalue weighted by Crippen LogP contribution is -2.03. The molecule has 0 fully saturated rings. The summed E-state index contributed by atoms with van der Waals surface area (Å²) < 4.78 is 2.69. The number of hydrogen-bond acceptors (Lipinski definition) is 1. The van der Waals surface area contributed by atoms with Crippen LogP contribution in [0.25, 0.3) is 64.7 Å². The number of aryl methyl sites for hydroxylation is 1. The Bertz CT molecular complexity index is 2560. The van der Waals surface area contributed by atoms with Gasteiger partial charge >= 0.3 is 0 Å². The summed E-state index contributed by atoms with van der Waals surface area (Å²) in [6.45, 7) is 0. The van der Waals surface area contributed by atoms with Crippen LogP contribution in [0, 0.1) is 0 Å². The van der Waals surface area contributed by atoms with Crippen molar-refractivity contribution in [2.45, 2.75) is 18.8 Å². The molecule has 248 valence electrons. The van der Waals surface area contributed by atoms with Crippen LogP contribution in [0.4, 0.5) is 0 Å². The number of benzene rings is 8. The van der Waals surface area contributed by atoms with Crippen LogP contribution in [0.1, 0.15) is 29.0 Å². The maximum absolute atomic E-state index is 2.36. The number of hydrogen-bond donors (Lipinski definition) is 0. The molecule has 9 rings (SSSR count). The van der Waals surface area contributed by atoms with Crippen LogP contribution < -0.4 is 0 Å². The summed E-state index contributed by atoms with van der Waals surface area (Å²) in [7, 11) is 0. The molecule has 9 aromatic rings. The number of fused-ring (bicyclic) bond motifs is 3. The minimum absolute atomic E-state index is 0.299. The van der Waals surface area contributed by atoms with Crippen molar-refractivity contribution in [2.75, 3.05) is 0 Å². The van der Waals surface area contributed by atoms with E-state index in [4.69, 9.17) is 0 Å². The first kappa shape index (κ1) is 31.9. The molecule has 0 saturated carbocycles. The Kier molecular flexibility index (Phi) is 8.78. The van der Waals surface area contributed by atoms with Gasteiger partial charge in [-0.1, -0.05) is 182 Å². The van der Waals surface area contributed by atoms with E-state index in [0.29, 0.717) is 5.92 Å². The van der Waals surface area contributed by atoms with Gasteiger partial charge < -0.3 is 0 Å². The average molecular weight is 683 g/mol. The molecule has 1 heteroatoms. The monoisotopic (exact) mass is 682 g/mol. The molecule has 0 aliphatic carbocycles. The molecular weight excluding hydrogens is 645 g/mol. The van der Waals surface area contributed by atoms with Crippen LogP contribution in [-0.2, 0) is 6.42 Å². The normalized spacial score (nSPS) is 11.9. The quantitative estimate of drug-likeness (QED) is 0.142. The van der Waals surface area contributed by atoms with Crippen molar-refractivity contribution in [1.29, 1.82) is 0 Å². The van der Waals surface area contributed by atoms with Gasteiger partial charge in [-0.05, 0) is 92.2 Å². The van der Waals surface area contributed by atoms with Crippen molar-refractivity contribution in [3.8, 4) is 44.5 Å². The molecule has 1 heterocycles. The van der Waals surface area contributed by atoms with Crippen molar-refractivity contribution in [1.82, 2.24) is 0 Å². The van der Waals surface area contributed by atoms with Crippen LogP contribution in [0.2, 0.25) is 0 Å². The molecule has 0 amide bonds. The predicted molar refractivity (Wildman–Crippen MR) is 224 cm³/mol. The van der Waals surface area contributed by atoms with Gasteiger partial charge in [0.25, 0.3) is 0 Å². The van der Waals surface area contributed by atoms with E-state index in [9.17, 15) is 0 Å². The summed E-state index contributed by atoms with van der Waals surface area (Å²) in [5, 5.41) is 2.69. The Morgan fingerprint density at radius 2 is 0.731 bits per heavy atom. The third kappa shape index (κ3) is 6.60. The highest BCUT2D eigenvalue weighted by atomic mass is 32.1. The van der Waals surface area contributed by atoms with Crippen LogP contribution >= 0.6 is 11.3 Å². The summed E-state index contributed by atoms with van der Waals surface area (Å²) in [6, 6.07) is 73.5. The lowest BCUT2D eigenvalue weighted by atomic mass is 9.85. The molecule has 8 aromatic carbocycles. The molecule has 0 saturated heterocycles. The second kappa shape index (κ2) is 14.3. The van der Waals surface area contributed by atoms with Gasteiger partial charge in [0.05, 0.1) is 0 Å². The highest BCUT2D eigenvalue weighted by molar-refractivity contribution is 7.25. The first-order valence-corrected chi connectivity index (χ1v) is 19.0. The van der Waals surface area contributed by atoms with Crippen molar-refractivity contribution in [3.05, 3.63) is 217 Å². The standard InChI is InChI=1S/C51H38S/c1-3-9-36(10-4-1)15-33-47(45-30-26-43(27-31-45)46-32-34-51-49(35-46)48-13-7-8-14-50(48)52-51)44-28-24-42(25-29-44)41-22-20-40(21-23-41)39-18-16-38(17-19-39)37-11-5-2-6-12-37/h1-14,16-32,34-35,47H,15,33H2. The van der Waals surface area contributed by atoms with Gasteiger partial charge in [0, 0.05) is 26.1 Å². The van der Waals surface area contributed by atoms with E-state index in [1.165, 1.54) is 81.4 Å². The Morgan fingerprint density at radius 3 is 1.29 bits per heavy atom. The van der Waals surface area contributed by atoms with E-state index in [1.54, 1.807) is 0 Å². The van der Waals surface area contributed by atoms with Crippen molar-refractivity contribution in [3.63, 3.8) is 0 Å². The molecule has 1 aromatic heterocycles. The van der Waals surface area contributed by atoms with E-state index in [-0.39, 0.29) is 0 Å². The third-order valence-electron chi connectivity index (χ3n) is 10.4. The second-order valence-corrected chi connectivity index (χ2v) is 14.7. The van der Waals surface area contributed by atoms with Gasteiger partial charge in [0.2, 0.25) is 0 Å². The van der Waals surface area contributed by atoms with E-state index in [2.05, 4.69) is 200 Å². The topological polar surface area (TPSA) is 0 Å². The second-order valence-electron chi connectivity index (χ2n) is 13.7. The summed E-state index contributed by atoms with van der Waals surface area (Å²) >= 11 is 1.87. The maximum Gasteiger partial charge on any atom is 0.0355 e. The van der Waals surface area contributed by atoms with Gasteiger partial charge in [-0.3, -0.25) is 0 Å². The average Bonchev–Trinajstić information content (AvgIpc) is 3.60. The number of rotatable bonds is 9. The minimum atomic E-state index is 0.299. The summed E-state index contributed by atoms with van der Waals surface area (Å²) in [4.78, 5) is 0. The molecule has 0 bridgehead atoms. The SMILES string of the molecule is c1ccc(CCC(c2ccc(-c3ccc(-c4ccc(-c5ccccc5)cc4)cc3)cc2)c2ccc(-c3ccc4sc5ccccc5c4c3)cc2)cc1. The molecule has 52 heavy (non-hydrogen) atoms. The lowest BCUT2D eigenvalue weighted by molar-refractivity contribution is 0.715. The zero-order valence-corrected chi connectivity index (χ0v) is 29.8. The van der Waals surface area contributed by atoms with Crippen LogP contribution in [0.3, 0.4) is 0 Å².